The molecule has 1 saturated carbocycles. The zero-order chi connectivity index (χ0) is 9.15. The molecule has 0 spiro atoms. The lowest BCUT2D eigenvalue weighted by atomic mass is 9.74. The maximum atomic E-state index is 6.12. The van der Waals surface area contributed by atoms with Gasteiger partial charge < -0.3 is 5.73 Å². The Kier molecular flexibility index (Phi) is 2.32. The van der Waals surface area contributed by atoms with E-state index in [2.05, 4.69) is 11.1 Å². The van der Waals surface area contributed by atoms with Gasteiger partial charge >= 0.3 is 0 Å². The minimum absolute atomic E-state index is 0.136. The van der Waals surface area contributed by atoms with Gasteiger partial charge in [-0.3, -0.25) is 4.98 Å². The molecule has 0 aromatic carbocycles. The van der Waals surface area contributed by atoms with E-state index >= 15 is 0 Å². The minimum atomic E-state index is 0.136. The average Bonchev–Trinajstić information content (AvgIpc) is 2.13. The molecule has 0 unspecified atom stereocenters. The lowest BCUT2D eigenvalue weighted by Crippen LogP contribution is -2.46. The molecule has 0 radical (unpaired) electrons. The molecule has 70 valence electrons. The lowest BCUT2D eigenvalue weighted by Gasteiger charge is -2.38. The topological polar surface area (TPSA) is 38.9 Å². The number of hydrogen-bond acceptors (Lipinski definition) is 2. The number of pyridine rings is 1. The van der Waals surface area contributed by atoms with Crippen LogP contribution in [-0.2, 0) is 6.42 Å². The van der Waals surface area contributed by atoms with Gasteiger partial charge in [0, 0.05) is 17.4 Å². The van der Waals surface area contributed by atoms with Crippen LogP contribution in [0, 0.1) is 0 Å². The van der Waals surface area contributed by atoms with Crippen LogP contribution < -0.4 is 5.73 Å². The van der Waals surface area contributed by atoms with E-state index in [0.717, 1.165) is 12.8 Å². The average molecular weight is 176 g/mol. The Bertz CT molecular complexity index is 265. The van der Waals surface area contributed by atoms with Crippen LogP contribution in [0.4, 0.5) is 0 Å². The molecule has 1 fully saturated rings. The standard InChI is InChI=1S/C11H16N2/c12-11(6-3-7-11)8-5-10-4-1-2-9-13-10/h1-2,4,9H,3,5-8,12H2. The monoisotopic (exact) mass is 176 g/mol. The third-order valence-corrected chi connectivity index (χ3v) is 2.95. The minimum Gasteiger partial charge on any atom is -0.325 e. The molecule has 13 heavy (non-hydrogen) atoms. The zero-order valence-corrected chi connectivity index (χ0v) is 7.87. The van der Waals surface area contributed by atoms with E-state index < -0.39 is 0 Å². The van der Waals surface area contributed by atoms with Crippen molar-refractivity contribution in [2.24, 2.45) is 5.73 Å². The smallest absolute Gasteiger partial charge is 0.0404 e. The second-order valence-electron chi connectivity index (χ2n) is 4.04. The molecule has 0 bridgehead atoms. The van der Waals surface area contributed by atoms with Gasteiger partial charge in [0.05, 0.1) is 0 Å². The number of rotatable bonds is 3. The molecule has 2 nitrogen and oxygen atoms in total. The summed E-state index contributed by atoms with van der Waals surface area (Å²) in [5, 5.41) is 0. The van der Waals surface area contributed by atoms with Gasteiger partial charge in [-0.05, 0) is 44.2 Å². The number of hydrogen-bond donors (Lipinski definition) is 1. The van der Waals surface area contributed by atoms with Gasteiger partial charge in [0.15, 0.2) is 0 Å². The van der Waals surface area contributed by atoms with E-state index in [1.807, 2.05) is 18.3 Å². The quantitative estimate of drug-likeness (QED) is 0.764. The predicted octanol–water partition coefficient (Wildman–Crippen LogP) is 1.90. The van der Waals surface area contributed by atoms with Gasteiger partial charge in [0.2, 0.25) is 0 Å². The van der Waals surface area contributed by atoms with E-state index in [4.69, 9.17) is 5.73 Å². The van der Waals surface area contributed by atoms with Crippen molar-refractivity contribution in [2.45, 2.75) is 37.6 Å². The normalized spacial score (nSPS) is 19.5. The first kappa shape index (κ1) is 8.70. The lowest BCUT2D eigenvalue weighted by molar-refractivity contribution is 0.231. The van der Waals surface area contributed by atoms with Crippen molar-refractivity contribution in [2.75, 3.05) is 0 Å². The van der Waals surface area contributed by atoms with Crippen molar-refractivity contribution in [1.82, 2.24) is 4.98 Å². The van der Waals surface area contributed by atoms with Gasteiger partial charge in [0.25, 0.3) is 0 Å². The largest absolute Gasteiger partial charge is 0.325 e. The van der Waals surface area contributed by atoms with Crippen LogP contribution in [0.1, 0.15) is 31.4 Å². The van der Waals surface area contributed by atoms with Gasteiger partial charge in [-0.1, -0.05) is 6.07 Å². The highest BCUT2D eigenvalue weighted by atomic mass is 14.8. The molecule has 2 heteroatoms. The van der Waals surface area contributed by atoms with Crippen LogP contribution >= 0.6 is 0 Å². The van der Waals surface area contributed by atoms with E-state index in [9.17, 15) is 0 Å². The van der Waals surface area contributed by atoms with Gasteiger partial charge in [-0.25, -0.2) is 0 Å². The van der Waals surface area contributed by atoms with E-state index in [0.29, 0.717) is 0 Å². The molecule has 0 atom stereocenters. The molecule has 1 heterocycles. The van der Waals surface area contributed by atoms with Crippen molar-refractivity contribution in [3.8, 4) is 0 Å². The SMILES string of the molecule is NC1(CCc2ccccn2)CCC1. The Morgan fingerprint density at radius 2 is 2.23 bits per heavy atom. The Balaban J connectivity index is 1.86. The summed E-state index contributed by atoms with van der Waals surface area (Å²) < 4.78 is 0. The summed E-state index contributed by atoms with van der Waals surface area (Å²) in [5.74, 6) is 0. The van der Waals surface area contributed by atoms with Crippen LogP contribution in [0.2, 0.25) is 0 Å². The fourth-order valence-electron chi connectivity index (χ4n) is 1.80. The van der Waals surface area contributed by atoms with Crippen LogP contribution in [0.5, 0.6) is 0 Å². The molecule has 1 aliphatic carbocycles. The first-order valence-corrected chi connectivity index (χ1v) is 4.97. The molecule has 0 amide bonds. The summed E-state index contributed by atoms with van der Waals surface area (Å²) in [4.78, 5) is 4.28. The van der Waals surface area contributed by atoms with Crippen molar-refractivity contribution >= 4 is 0 Å². The summed E-state index contributed by atoms with van der Waals surface area (Å²) in [6.45, 7) is 0. The van der Waals surface area contributed by atoms with Gasteiger partial charge in [0.1, 0.15) is 0 Å². The molecule has 0 aliphatic heterocycles. The van der Waals surface area contributed by atoms with Crippen LogP contribution in [0.15, 0.2) is 24.4 Å². The Labute approximate surface area is 79.2 Å². The first-order chi connectivity index (χ1) is 6.29. The predicted molar refractivity (Wildman–Crippen MR) is 53.3 cm³/mol. The van der Waals surface area contributed by atoms with Crippen molar-refractivity contribution in [3.05, 3.63) is 30.1 Å². The fourth-order valence-corrected chi connectivity index (χ4v) is 1.80. The van der Waals surface area contributed by atoms with Crippen LogP contribution in [-0.4, -0.2) is 10.5 Å². The second-order valence-corrected chi connectivity index (χ2v) is 4.04. The van der Waals surface area contributed by atoms with Gasteiger partial charge in [-0.15, -0.1) is 0 Å². The Morgan fingerprint density at radius 1 is 1.38 bits per heavy atom. The summed E-state index contributed by atoms with van der Waals surface area (Å²) in [6, 6.07) is 6.05. The summed E-state index contributed by atoms with van der Waals surface area (Å²) >= 11 is 0. The van der Waals surface area contributed by atoms with E-state index in [1.54, 1.807) is 0 Å². The molecule has 2 rings (SSSR count). The molecule has 0 saturated heterocycles. The van der Waals surface area contributed by atoms with E-state index in [1.165, 1.54) is 25.0 Å². The second kappa shape index (κ2) is 3.46. The van der Waals surface area contributed by atoms with Crippen molar-refractivity contribution in [1.29, 1.82) is 0 Å². The Hall–Kier alpha value is -0.890. The summed E-state index contributed by atoms with van der Waals surface area (Å²) in [6.07, 6.45) is 7.65. The number of nitrogens with zero attached hydrogens (tertiary/aromatic N) is 1. The molecule has 1 aliphatic rings. The zero-order valence-electron chi connectivity index (χ0n) is 7.87. The van der Waals surface area contributed by atoms with Gasteiger partial charge in [-0.2, -0.15) is 0 Å². The maximum absolute atomic E-state index is 6.12. The molecular formula is C11H16N2. The molecule has 1 aromatic rings. The number of aromatic nitrogens is 1. The van der Waals surface area contributed by atoms with Crippen LogP contribution in [0.25, 0.3) is 0 Å². The van der Waals surface area contributed by atoms with Crippen molar-refractivity contribution in [3.63, 3.8) is 0 Å². The molecule has 2 N–H and O–H groups in total. The molecule has 1 aromatic heterocycles. The molecular weight excluding hydrogens is 160 g/mol. The third kappa shape index (κ3) is 2.07. The van der Waals surface area contributed by atoms with E-state index in [-0.39, 0.29) is 5.54 Å². The first-order valence-electron chi connectivity index (χ1n) is 4.97. The third-order valence-electron chi connectivity index (χ3n) is 2.95. The van der Waals surface area contributed by atoms with Crippen molar-refractivity contribution < 1.29 is 0 Å². The highest BCUT2D eigenvalue weighted by Crippen LogP contribution is 2.32. The summed E-state index contributed by atoms with van der Waals surface area (Å²) in [5.41, 5.74) is 7.43. The highest BCUT2D eigenvalue weighted by molar-refractivity contribution is 5.05. The fraction of sp³-hybridized carbons (Fsp3) is 0.545. The number of aryl methyl sites for hydroxylation is 1. The number of nitrogens with two attached hydrogens (primary N) is 1. The Morgan fingerprint density at radius 3 is 2.77 bits per heavy atom. The van der Waals surface area contributed by atoms with Crippen LogP contribution in [0.3, 0.4) is 0 Å². The summed E-state index contributed by atoms with van der Waals surface area (Å²) in [7, 11) is 0. The highest BCUT2D eigenvalue weighted by Gasteiger charge is 2.31. The maximum Gasteiger partial charge on any atom is 0.0404 e.